The second kappa shape index (κ2) is 5.18. The minimum atomic E-state index is -0.843. The molecule has 2 saturated carbocycles. The van der Waals surface area contributed by atoms with Crippen LogP contribution in [0.1, 0.15) is 66.2 Å². The first kappa shape index (κ1) is 16.1. The zero-order valence-electron chi connectivity index (χ0n) is 13.6. The first-order valence-corrected chi connectivity index (χ1v) is 7.91. The third-order valence-corrected chi connectivity index (χ3v) is 5.98. The van der Waals surface area contributed by atoms with Gasteiger partial charge in [-0.2, -0.15) is 0 Å². The molecule has 0 aromatic carbocycles. The minimum absolute atomic E-state index is 0.0118. The van der Waals surface area contributed by atoms with Gasteiger partial charge in [0.1, 0.15) is 0 Å². The molecule has 21 heavy (non-hydrogen) atoms. The van der Waals surface area contributed by atoms with E-state index in [9.17, 15) is 9.59 Å². The first-order chi connectivity index (χ1) is 9.61. The average Bonchev–Trinajstić information content (AvgIpc) is 2.71. The van der Waals surface area contributed by atoms with Gasteiger partial charge < -0.3 is 15.7 Å². The Balaban J connectivity index is 1.98. The van der Waals surface area contributed by atoms with Crippen molar-refractivity contribution in [2.24, 2.45) is 10.8 Å². The van der Waals surface area contributed by atoms with E-state index in [0.717, 1.165) is 32.1 Å². The van der Waals surface area contributed by atoms with Gasteiger partial charge in [0.15, 0.2) is 0 Å². The smallest absolute Gasteiger partial charge is 0.315 e. The number of hydrogen-bond acceptors (Lipinski definition) is 2. The van der Waals surface area contributed by atoms with Crippen LogP contribution in [-0.2, 0) is 4.79 Å². The molecule has 0 atom stereocenters. The van der Waals surface area contributed by atoms with Crippen LogP contribution in [0.5, 0.6) is 0 Å². The summed E-state index contributed by atoms with van der Waals surface area (Å²) in [5.74, 6) is -0.843. The van der Waals surface area contributed by atoms with Crippen molar-refractivity contribution in [3.8, 4) is 0 Å². The van der Waals surface area contributed by atoms with Gasteiger partial charge in [0, 0.05) is 6.04 Å². The summed E-state index contributed by atoms with van der Waals surface area (Å²) in [6.07, 6.45) is 4.60. The van der Waals surface area contributed by atoms with Crippen molar-refractivity contribution in [1.82, 2.24) is 10.6 Å². The van der Waals surface area contributed by atoms with E-state index in [4.69, 9.17) is 5.11 Å². The number of carbonyl (C=O) groups is 2. The molecule has 5 nitrogen and oxygen atoms in total. The van der Waals surface area contributed by atoms with E-state index < -0.39 is 11.5 Å². The van der Waals surface area contributed by atoms with Crippen molar-refractivity contribution in [3.63, 3.8) is 0 Å². The molecule has 5 heteroatoms. The van der Waals surface area contributed by atoms with Crippen LogP contribution in [0.2, 0.25) is 0 Å². The molecule has 2 amide bonds. The zero-order chi connectivity index (χ0) is 15.9. The molecule has 0 aromatic rings. The Morgan fingerprint density at radius 1 is 1.05 bits per heavy atom. The third-order valence-electron chi connectivity index (χ3n) is 5.98. The lowest BCUT2D eigenvalue weighted by atomic mass is 9.79. The molecule has 0 aromatic heterocycles. The summed E-state index contributed by atoms with van der Waals surface area (Å²) in [6.45, 7) is 8.58. The molecule has 0 spiro atoms. The van der Waals surface area contributed by atoms with Crippen LogP contribution in [0.4, 0.5) is 4.79 Å². The van der Waals surface area contributed by atoms with E-state index in [-0.39, 0.29) is 29.3 Å². The molecule has 2 fully saturated rings. The fourth-order valence-electron chi connectivity index (χ4n) is 3.83. The van der Waals surface area contributed by atoms with E-state index in [1.165, 1.54) is 0 Å². The minimum Gasteiger partial charge on any atom is -0.481 e. The number of nitrogens with one attached hydrogen (secondary N) is 2. The topological polar surface area (TPSA) is 78.4 Å². The van der Waals surface area contributed by atoms with Crippen LogP contribution < -0.4 is 10.6 Å². The molecule has 2 aliphatic carbocycles. The predicted molar refractivity (Wildman–Crippen MR) is 81.1 cm³/mol. The number of carboxylic acid groups (broad SMARTS) is 1. The molecule has 0 saturated heterocycles. The van der Waals surface area contributed by atoms with Crippen LogP contribution >= 0.6 is 0 Å². The van der Waals surface area contributed by atoms with Crippen molar-refractivity contribution >= 4 is 12.0 Å². The highest BCUT2D eigenvalue weighted by Gasteiger charge is 2.65. The van der Waals surface area contributed by atoms with Crippen molar-refractivity contribution in [2.45, 2.75) is 77.8 Å². The summed E-state index contributed by atoms with van der Waals surface area (Å²) in [5, 5.41) is 15.1. The van der Waals surface area contributed by atoms with Crippen molar-refractivity contribution in [2.75, 3.05) is 0 Å². The monoisotopic (exact) mass is 296 g/mol. The molecule has 0 heterocycles. The van der Waals surface area contributed by atoms with Gasteiger partial charge in [-0.1, -0.05) is 47.0 Å². The number of hydrogen-bond donors (Lipinski definition) is 3. The molecular weight excluding hydrogens is 268 g/mol. The van der Waals surface area contributed by atoms with Gasteiger partial charge >= 0.3 is 12.0 Å². The summed E-state index contributed by atoms with van der Waals surface area (Å²) < 4.78 is 0. The summed E-state index contributed by atoms with van der Waals surface area (Å²) in [6, 6.07) is -0.0859. The Labute approximate surface area is 126 Å². The molecule has 2 rings (SSSR count). The fraction of sp³-hybridized carbons (Fsp3) is 0.875. The van der Waals surface area contributed by atoms with Crippen LogP contribution in [0.3, 0.4) is 0 Å². The van der Waals surface area contributed by atoms with E-state index in [1.54, 1.807) is 0 Å². The lowest BCUT2D eigenvalue weighted by Crippen LogP contribution is -2.55. The number of rotatable bonds is 4. The van der Waals surface area contributed by atoms with E-state index in [1.807, 2.05) is 0 Å². The predicted octanol–water partition coefficient (Wildman–Crippen LogP) is 2.90. The average molecular weight is 296 g/mol. The van der Waals surface area contributed by atoms with Gasteiger partial charge in [0.25, 0.3) is 0 Å². The highest BCUT2D eigenvalue weighted by Crippen LogP contribution is 2.62. The van der Waals surface area contributed by atoms with Crippen LogP contribution in [-0.4, -0.2) is 28.7 Å². The Hall–Kier alpha value is -1.26. The summed E-state index contributed by atoms with van der Waals surface area (Å²) in [7, 11) is 0. The molecule has 0 bridgehead atoms. The molecule has 3 N–H and O–H groups in total. The van der Waals surface area contributed by atoms with Crippen molar-refractivity contribution in [1.29, 1.82) is 0 Å². The lowest BCUT2D eigenvalue weighted by molar-refractivity contribution is -0.139. The van der Waals surface area contributed by atoms with Gasteiger partial charge in [0.2, 0.25) is 0 Å². The maximum Gasteiger partial charge on any atom is 0.315 e. The SMILES string of the molecule is CC1(C)C(NC(=O)NC2(CC(=O)O)CCCCC2)C1(C)C. The summed E-state index contributed by atoms with van der Waals surface area (Å²) >= 11 is 0. The number of carboxylic acids is 1. The fourth-order valence-corrected chi connectivity index (χ4v) is 3.83. The molecule has 2 aliphatic rings. The first-order valence-electron chi connectivity index (χ1n) is 7.91. The molecule has 0 aliphatic heterocycles. The Morgan fingerprint density at radius 3 is 2.00 bits per heavy atom. The molecule has 120 valence electrons. The summed E-state index contributed by atoms with van der Waals surface area (Å²) in [4.78, 5) is 23.4. The van der Waals surface area contributed by atoms with Gasteiger partial charge in [-0.05, 0) is 23.7 Å². The van der Waals surface area contributed by atoms with Crippen LogP contribution in [0.25, 0.3) is 0 Å². The Bertz CT molecular complexity index is 423. The van der Waals surface area contributed by atoms with E-state index in [0.29, 0.717) is 0 Å². The largest absolute Gasteiger partial charge is 0.481 e. The van der Waals surface area contributed by atoms with Gasteiger partial charge in [-0.3, -0.25) is 4.79 Å². The van der Waals surface area contributed by atoms with E-state index in [2.05, 4.69) is 38.3 Å². The van der Waals surface area contributed by atoms with Gasteiger partial charge in [-0.25, -0.2) is 4.79 Å². The van der Waals surface area contributed by atoms with Gasteiger partial charge in [-0.15, -0.1) is 0 Å². The van der Waals surface area contributed by atoms with Crippen LogP contribution in [0, 0.1) is 10.8 Å². The Kier molecular flexibility index (Phi) is 3.98. The van der Waals surface area contributed by atoms with Gasteiger partial charge in [0.05, 0.1) is 12.0 Å². The van der Waals surface area contributed by atoms with Crippen molar-refractivity contribution < 1.29 is 14.7 Å². The summed E-state index contributed by atoms with van der Waals surface area (Å²) in [5.41, 5.74) is -0.412. The number of aliphatic carboxylic acids is 1. The van der Waals surface area contributed by atoms with E-state index >= 15 is 0 Å². The number of urea groups is 1. The normalized spacial score (nSPS) is 25.9. The molecule has 0 radical (unpaired) electrons. The highest BCUT2D eigenvalue weighted by atomic mass is 16.4. The third kappa shape index (κ3) is 3.01. The maximum absolute atomic E-state index is 12.3. The quantitative estimate of drug-likeness (QED) is 0.746. The van der Waals surface area contributed by atoms with Crippen LogP contribution in [0.15, 0.2) is 0 Å². The highest BCUT2D eigenvalue weighted by molar-refractivity contribution is 5.77. The zero-order valence-corrected chi connectivity index (χ0v) is 13.6. The standard InChI is InChI=1S/C16H28N2O3/c1-14(2)12(15(14,3)4)17-13(21)18-16(10-11(19)20)8-6-5-7-9-16/h12H,5-10H2,1-4H3,(H,19,20)(H2,17,18,21). The number of amides is 2. The molecular formula is C16H28N2O3. The Morgan fingerprint density at radius 2 is 1.57 bits per heavy atom. The number of carbonyl (C=O) groups excluding carboxylic acids is 1. The van der Waals surface area contributed by atoms with Crippen molar-refractivity contribution in [3.05, 3.63) is 0 Å². The maximum atomic E-state index is 12.3. The second-order valence-electron chi connectivity index (χ2n) is 7.89. The second-order valence-corrected chi connectivity index (χ2v) is 7.89. The molecule has 0 unspecified atom stereocenters. The lowest BCUT2D eigenvalue weighted by Gasteiger charge is -2.37.